The number of amides is 1. The third-order valence-electron chi connectivity index (χ3n) is 7.66. The highest BCUT2D eigenvalue weighted by atomic mass is 32.2. The second-order valence-corrected chi connectivity index (χ2v) is 12.3. The Morgan fingerprint density at radius 2 is 1.56 bits per heavy atom. The molecule has 1 atom stereocenters. The standard InChI is InChI=1S/C32H40N2O6S/c1-7-33(8-2)41(36,37)27-15-11-24(12-16-27)32(35)34-18-17-25-19-30(38-5)31(39-6)20-28(25)29(34)21-40-26-13-9-23(10-14-26)22(3)4/h9-16,19-20,22,29H,7-8,17-18,21H2,1-6H3/t29-/m1/s1. The van der Waals surface area contributed by atoms with E-state index in [4.69, 9.17) is 14.2 Å². The summed E-state index contributed by atoms with van der Waals surface area (Å²) in [5.41, 5.74) is 3.64. The summed E-state index contributed by atoms with van der Waals surface area (Å²) in [5, 5.41) is 0. The van der Waals surface area contributed by atoms with Gasteiger partial charge in [-0.25, -0.2) is 8.42 Å². The summed E-state index contributed by atoms with van der Waals surface area (Å²) in [6, 6.07) is 17.7. The molecule has 1 heterocycles. The highest BCUT2D eigenvalue weighted by molar-refractivity contribution is 7.89. The van der Waals surface area contributed by atoms with Gasteiger partial charge in [-0.3, -0.25) is 4.79 Å². The molecule has 9 heteroatoms. The Hall–Kier alpha value is -3.56. The van der Waals surface area contributed by atoms with Gasteiger partial charge in [0, 0.05) is 25.2 Å². The molecule has 1 aliphatic rings. The Morgan fingerprint density at radius 1 is 0.951 bits per heavy atom. The largest absolute Gasteiger partial charge is 0.493 e. The number of sulfonamides is 1. The summed E-state index contributed by atoms with van der Waals surface area (Å²) >= 11 is 0. The highest BCUT2D eigenvalue weighted by Crippen LogP contribution is 2.39. The van der Waals surface area contributed by atoms with Crippen molar-refractivity contribution in [3.8, 4) is 17.2 Å². The lowest BCUT2D eigenvalue weighted by atomic mass is 9.91. The average molecular weight is 581 g/mol. The molecule has 4 rings (SSSR count). The van der Waals surface area contributed by atoms with Crippen LogP contribution in [0.3, 0.4) is 0 Å². The SMILES string of the molecule is CCN(CC)S(=O)(=O)c1ccc(C(=O)N2CCc3cc(OC)c(OC)cc3[C@H]2COc2ccc(C(C)C)cc2)cc1. The van der Waals surface area contributed by atoms with Crippen LogP contribution in [-0.4, -0.2) is 64.0 Å². The number of carbonyl (C=O) groups excluding carboxylic acids is 1. The van der Waals surface area contributed by atoms with Crippen molar-refractivity contribution in [2.75, 3.05) is 40.5 Å². The maximum Gasteiger partial charge on any atom is 0.254 e. The molecule has 0 aromatic heterocycles. The van der Waals surface area contributed by atoms with E-state index >= 15 is 0 Å². The minimum Gasteiger partial charge on any atom is -0.493 e. The van der Waals surface area contributed by atoms with Crippen molar-refractivity contribution >= 4 is 15.9 Å². The molecule has 0 saturated heterocycles. The van der Waals surface area contributed by atoms with Crippen LogP contribution in [0, 0.1) is 0 Å². The van der Waals surface area contributed by atoms with Crippen LogP contribution in [0.5, 0.6) is 17.2 Å². The van der Waals surface area contributed by atoms with Crippen LogP contribution in [0.1, 0.15) is 66.7 Å². The fourth-order valence-electron chi connectivity index (χ4n) is 5.22. The van der Waals surface area contributed by atoms with Gasteiger partial charge in [0.15, 0.2) is 11.5 Å². The number of hydrogen-bond donors (Lipinski definition) is 0. The van der Waals surface area contributed by atoms with Gasteiger partial charge in [0.2, 0.25) is 10.0 Å². The summed E-state index contributed by atoms with van der Waals surface area (Å²) in [6.07, 6.45) is 0.634. The molecule has 0 N–H and O–H groups in total. The number of fused-ring (bicyclic) bond motifs is 1. The minimum absolute atomic E-state index is 0.170. The van der Waals surface area contributed by atoms with Crippen LogP contribution in [0.2, 0.25) is 0 Å². The summed E-state index contributed by atoms with van der Waals surface area (Å²) in [7, 11) is -0.424. The number of rotatable bonds is 11. The number of carbonyl (C=O) groups is 1. The zero-order chi connectivity index (χ0) is 29.7. The molecule has 0 radical (unpaired) electrons. The van der Waals surface area contributed by atoms with Gasteiger partial charge in [-0.1, -0.05) is 39.8 Å². The Bertz CT molecular complexity index is 1450. The molecule has 0 aliphatic carbocycles. The Kier molecular flexibility index (Phi) is 9.60. The second kappa shape index (κ2) is 13.0. The minimum atomic E-state index is -3.62. The molecule has 0 bridgehead atoms. The van der Waals surface area contributed by atoms with E-state index in [1.807, 2.05) is 24.3 Å². The van der Waals surface area contributed by atoms with Gasteiger partial charge in [-0.15, -0.1) is 0 Å². The van der Waals surface area contributed by atoms with E-state index in [1.54, 1.807) is 45.1 Å². The summed E-state index contributed by atoms with van der Waals surface area (Å²) < 4.78 is 44.6. The predicted octanol–water partition coefficient (Wildman–Crippen LogP) is 5.68. The molecule has 3 aromatic carbocycles. The molecule has 8 nitrogen and oxygen atoms in total. The number of nitrogens with zero attached hydrogens (tertiary/aromatic N) is 2. The van der Waals surface area contributed by atoms with E-state index in [0.717, 1.165) is 16.9 Å². The van der Waals surface area contributed by atoms with E-state index in [0.29, 0.717) is 49.0 Å². The van der Waals surface area contributed by atoms with Crippen LogP contribution in [0.25, 0.3) is 0 Å². The molecule has 0 spiro atoms. The predicted molar refractivity (Wildman–Crippen MR) is 160 cm³/mol. The molecule has 1 amide bonds. The quantitative estimate of drug-likeness (QED) is 0.290. The summed E-state index contributed by atoms with van der Waals surface area (Å²) in [6.45, 7) is 9.37. The topological polar surface area (TPSA) is 85.4 Å². The Labute approximate surface area is 243 Å². The highest BCUT2D eigenvalue weighted by Gasteiger charge is 2.34. The molecular formula is C32H40N2O6S. The number of ether oxygens (including phenoxy) is 3. The monoisotopic (exact) mass is 580 g/mol. The van der Waals surface area contributed by atoms with Crippen LogP contribution >= 0.6 is 0 Å². The summed E-state index contributed by atoms with van der Waals surface area (Å²) in [5.74, 6) is 2.16. The van der Waals surface area contributed by atoms with Gasteiger partial charge in [-0.2, -0.15) is 4.31 Å². The van der Waals surface area contributed by atoms with Gasteiger partial charge < -0.3 is 19.1 Å². The molecule has 0 unspecified atom stereocenters. The first-order valence-electron chi connectivity index (χ1n) is 14.0. The van der Waals surface area contributed by atoms with Crippen molar-refractivity contribution in [2.45, 2.75) is 51.0 Å². The number of benzene rings is 3. The first-order valence-corrected chi connectivity index (χ1v) is 15.5. The number of methoxy groups -OCH3 is 2. The fraction of sp³-hybridized carbons (Fsp3) is 0.406. The maximum absolute atomic E-state index is 13.9. The lowest BCUT2D eigenvalue weighted by molar-refractivity contribution is 0.0589. The van der Waals surface area contributed by atoms with Gasteiger partial charge in [0.25, 0.3) is 5.91 Å². The van der Waals surface area contributed by atoms with E-state index in [2.05, 4.69) is 26.0 Å². The molecule has 0 fully saturated rings. The Balaban J connectivity index is 1.66. The first-order chi connectivity index (χ1) is 19.6. The van der Waals surface area contributed by atoms with Crippen molar-refractivity contribution < 1.29 is 27.4 Å². The van der Waals surface area contributed by atoms with Crippen molar-refractivity contribution in [1.82, 2.24) is 9.21 Å². The van der Waals surface area contributed by atoms with Crippen molar-refractivity contribution in [2.24, 2.45) is 0 Å². The van der Waals surface area contributed by atoms with Crippen molar-refractivity contribution in [3.05, 3.63) is 82.9 Å². The maximum atomic E-state index is 13.9. The second-order valence-electron chi connectivity index (χ2n) is 10.3. The van der Waals surface area contributed by atoms with Crippen LogP contribution in [0.4, 0.5) is 0 Å². The van der Waals surface area contributed by atoms with Crippen molar-refractivity contribution in [1.29, 1.82) is 0 Å². The normalized spacial score (nSPS) is 15.1. The molecule has 41 heavy (non-hydrogen) atoms. The lowest BCUT2D eigenvalue weighted by Crippen LogP contribution is -2.42. The van der Waals surface area contributed by atoms with Crippen LogP contribution in [-0.2, 0) is 16.4 Å². The fourth-order valence-corrected chi connectivity index (χ4v) is 6.68. The Morgan fingerprint density at radius 3 is 2.12 bits per heavy atom. The number of hydrogen-bond acceptors (Lipinski definition) is 6. The third kappa shape index (κ3) is 6.36. The van der Waals surface area contributed by atoms with Gasteiger partial charge in [0.1, 0.15) is 12.4 Å². The zero-order valence-electron chi connectivity index (χ0n) is 24.7. The van der Waals surface area contributed by atoms with E-state index in [-0.39, 0.29) is 17.4 Å². The summed E-state index contributed by atoms with van der Waals surface area (Å²) in [4.78, 5) is 15.9. The van der Waals surface area contributed by atoms with E-state index in [1.165, 1.54) is 22.0 Å². The van der Waals surface area contributed by atoms with E-state index in [9.17, 15) is 13.2 Å². The van der Waals surface area contributed by atoms with Gasteiger partial charge >= 0.3 is 0 Å². The van der Waals surface area contributed by atoms with Gasteiger partial charge in [0.05, 0.1) is 25.2 Å². The first kappa shape index (κ1) is 30.4. The molecular weight excluding hydrogens is 540 g/mol. The molecule has 3 aromatic rings. The van der Waals surface area contributed by atoms with Crippen LogP contribution in [0.15, 0.2) is 65.6 Å². The smallest absolute Gasteiger partial charge is 0.254 e. The third-order valence-corrected chi connectivity index (χ3v) is 9.73. The van der Waals surface area contributed by atoms with Crippen LogP contribution < -0.4 is 14.2 Å². The van der Waals surface area contributed by atoms with Gasteiger partial charge in [-0.05, 0) is 77.6 Å². The zero-order valence-corrected chi connectivity index (χ0v) is 25.5. The molecule has 1 aliphatic heterocycles. The molecule has 220 valence electrons. The van der Waals surface area contributed by atoms with Crippen molar-refractivity contribution in [3.63, 3.8) is 0 Å². The lowest BCUT2D eigenvalue weighted by Gasteiger charge is -2.37. The van der Waals surface area contributed by atoms with E-state index < -0.39 is 16.1 Å². The molecule has 0 saturated carbocycles. The average Bonchev–Trinajstić information content (AvgIpc) is 2.99.